The number of nitro benzene ring substituents is 1. The van der Waals surface area contributed by atoms with Crippen molar-refractivity contribution in [2.75, 3.05) is 33.4 Å². The van der Waals surface area contributed by atoms with E-state index < -0.39 is 0 Å². The molecule has 140 valence electrons. The van der Waals surface area contributed by atoms with E-state index >= 15 is 0 Å². The number of thiophene rings is 1. The number of nitro groups is 1. The van der Waals surface area contributed by atoms with Crippen molar-refractivity contribution < 1.29 is 9.66 Å². The van der Waals surface area contributed by atoms with E-state index in [4.69, 9.17) is 4.74 Å². The first-order chi connectivity index (χ1) is 12.7. The van der Waals surface area contributed by atoms with Crippen molar-refractivity contribution in [3.63, 3.8) is 0 Å². The molecule has 1 aromatic carbocycles. The number of hydrogen-bond donors (Lipinski definition) is 1. The zero-order valence-corrected chi connectivity index (χ0v) is 15.8. The fraction of sp³-hybridized carbons (Fsp3) is 0.474. The topological polar surface area (TPSA) is 67.6 Å². The predicted molar refractivity (Wildman–Crippen MR) is 105 cm³/mol. The van der Waals surface area contributed by atoms with E-state index in [1.54, 1.807) is 30.6 Å². The van der Waals surface area contributed by atoms with E-state index in [0.717, 1.165) is 43.2 Å². The van der Waals surface area contributed by atoms with Gasteiger partial charge in [-0.25, -0.2) is 0 Å². The number of benzene rings is 1. The molecule has 0 amide bonds. The highest BCUT2D eigenvalue weighted by Crippen LogP contribution is 2.29. The first kappa shape index (κ1) is 19.0. The SMILES string of the molecule is COCCN1CCC(NCc2ccc(-c3ccc([N+](=O)[O-])cc3)s2)CC1. The highest BCUT2D eigenvalue weighted by atomic mass is 32.1. The molecule has 0 saturated carbocycles. The summed E-state index contributed by atoms with van der Waals surface area (Å²) in [5.41, 5.74) is 1.15. The van der Waals surface area contributed by atoms with Gasteiger partial charge < -0.3 is 15.0 Å². The van der Waals surface area contributed by atoms with Gasteiger partial charge in [0.2, 0.25) is 0 Å². The minimum absolute atomic E-state index is 0.129. The quantitative estimate of drug-likeness (QED) is 0.565. The van der Waals surface area contributed by atoms with Crippen molar-refractivity contribution in [1.82, 2.24) is 10.2 Å². The lowest BCUT2D eigenvalue weighted by Gasteiger charge is -2.32. The van der Waals surface area contributed by atoms with Crippen LogP contribution in [0, 0.1) is 10.1 Å². The van der Waals surface area contributed by atoms with E-state index in [1.165, 1.54) is 17.7 Å². The molecule has 3 rings (SSSR count). The number of methoxy groups -OCH3 is 1. The van der Waals surface area contributed by atoms with E-state index in [-0.39, 0.29) is 10.6 Å². The summed E-state index contributed by atoms with van der Waals surface area (Å²) in [7, 11) is 1.75. The Hall–Kier alpha value is -1.80. The molecule has 0 aliphatic carbocycles. The first-order valence-electron chi connectivity index (χ1n) is 8.94. The maximum Gasteiger partial charge on any atom is 0.269 e. The van der Waals surface area contributed by atoms with Crippen LogP contribution in [-0.4, -0.2) is 49.2 Å². The number of hydrogen-bond acceptors (Lipinski definition) is 6. The lowest BCUT2D eigenvalue weighted by Crippen LogP contribution is -2.43. The van der Waals surface area contributed by atoms with Crippen molar-refractivity contribution in [2.45, 2.75) is 25.4 Å². The molecule has 0 atom stereocenters. The maximum absolute atomic E-state index is 10.8. The Labute approximate surface area is 157 Å². The largest absolute Gasteiger partial charge is 0.383 e. The number of nitrogens with one attached hydrogen (secondary N) is 1. The van der Waals surface area contributed by atoms with Crippen LogP contribution in [0.1, 0.15) is 17.7 Å². The molecular formula is C19H25N3O3S. The van der Waals surface area contributed by atoms with E-state index in [0.29, 0.717) is 6.04 Å². The molecule has 1 aromatic heterocycles. The van der Waals surface area contributed by atoms with Crippen LogP contribution >= 0.6 is 11.3 Å². The summed E-state index contributed by atoms with van der Waals surface area (Å²) in [6, 6.07) is 11.6. The zero-order chi connectivity index (χ0) is 18.4. The molecule has 2 aromatic rings. The van der Waals surface area contributed by atoms with Gasteiger partial charge >= 0.3 is 0 Å². The molecule has 2 heterocycles. The lowest BCUT2D eigenvalue weighted by molar-refractivity contribution is -0.384. The highest BCUT2D eigenvalue weighted by molar-refractivity contribution is 7.15. The average Bonchev–Trinajstić information content (AvgIpc) is 3.14. The number of ether oxygens (including phenoxy) is 1. The molecule has 0 radical (unpaired) electrons. The summed E-state index contributed by atoms with van der Waals surface area (Å²) in [4.78, 5) is 15.3. The van der Waals surface area contributed by atoms with Crippen LogP contribution in [-0.2, 0) is 11.3 Å². The summed E-state index contributed by atoms with van der Waals surface area (Å²) >= 11 is 1.74. The van der Waals surface area contributed by atoms with Gasteiger partial charge in [0, 0.05) is 48.1 Å². The molecule has 26 heavy (non-hydrogen) atoms. The van der Waals surface area contributed by atoms with Gasteiger partial charge in [0.1, 0.15) is 0 Å². The molecular weight excluding hydrogens is 350 g/mol. The van der Waals surface area contributed by atoms with Gasteiger partial charge in [0.05, 0.1) is 11.5 Å². The van der Waals surface area contributed by atoms with Crippen LogP contribution in [0.5, 0.6) is 0 Å². The van der Waals surface area contributed by atoms with Gasteiger partial charge in [-0.2, -0.15) is 0 Å². The third kappa shape index (κ3) is 5.11. The number of nitrogens with zero attached hydrogens (tertiary/aromatic N) is 2. The lowest BCUT2D eigenvalue weighted by atomic mass is 10.1. The summed E-state index contributed by atoms with van der Waals surface area (Å²) in [5, 5.41) is 14.4. The van der Waals surface area contributed by atoms with Crippen molar-refractivity contribution in [1.29, 1.82) is 0 Å². The number of non-ortho nitro benzene ring substituents is 1. The van der Waals surface area contributed by atoms with Crippen molar-refractivity contribution in [3.05, 3.63) is 51.4 Å². The monoisotopic (exact) mass is 375 g/mol. The molecule has 1 N–H and O–H groups in total. The number of piperidine rings is 1. The fourth-order valence-electron chi connectivity index (χ4n) is 3.20. The summed E-state index contributed by atoms with van der Waals surface area (Å²) < 4.78 is 5.14. The van der Waals surface area contributed by atoms with Crippen LogP contribution < -0.4 is 5.32 Å². The van der Waals surface area contributed by atoms with Gasteiger partial charge in [0.25, 0.3) is 5.69 Å². The Morgan fingerprint density at radius 1 is 1.23 bits per heavy atom. The van der Waals surface area contributed by atoms with Crippen molar-refractivity contribution in [3.8, 4) is 10.4 Å². The second-order valence-electron chi connectivity index (χ2n) is 6.56. The van der Waals surface area contributed by atoms with Gasteiger partial charge in [0.15, 0.2) is 0 Å². The third-order valence-corrected chi connectivity index (χ3v) is 5.92. The molecule has 1 aliphatic rings. The van der Waals surface area contributed by atoms with E-state index in [9.17, 15) is 10.1 Å². The third-order valence-electron chi connectivity index (χ3n) is 4.79. The Bertz CT molecular complexity index is 709. The van der Waals surface area contributed by atoms with Crippen molar-refractivity contribution in [2.24, 2.45) is 0 Å². The smallest absolute Gasteiger partial charge is 0.269 e. The van der Waals surface area contributed by atoms with Gasteiger partial charge in [-0.1, -0.05) is 0 Å². The second-order valence-corrected chi connectivity index (χ2v) is 7.73. The Balaban J connectivity index is 1.48. The second kappa shape index (κ2) is 9.23. The first-order valence-corrected chi connectivity index (χ1v) is 9.75. The number of likely N-dealkylation sites (tertiary alicyclic amines) is 1. The zero-order valence-electron chi connectivity index (χ0n) is 15.0. The van der Waals surface area contributed by atoms with E-state index in [2.05, 4.69) is 22.3 Å². The summed E-state index contributed by atoms with van der Waals surface area (Å²) in [5.74, 6) is 0. The minimum Gasteiger partial charge on any atom is -0.383 e. The maximum atomic E-state index is 10.8. The van der Waals surface area contributed by atoms with E-state index in [1.807, 2.05) is 12.1 Å². The van der Waals surface area contributed by atoms with Crippen LogP contribution in [0.3, 0.4) is 0 Å². The fourth-order valence-corrected chi connectivity index (χ4v) is 4.17. The summed E-state index contributed by atoms with van der Waals surface area (Å²) in [6.45, 7) is 4.95. The van der Waals surface area contributed by atoms with Crippen molar-refractivity contribution >= 4 is 17.0 Å². The van der Waals surface area contributed by atoms with Gasteiger partial charge in [-0.05, 0) is 55.8 Å². The molecule has 0 bridgehead atoms. The molecule has 1 aliphatic heterocycles. The Morgan fingerprint density at radius 2 is 1.96 bits per heavy atom. The molecule has 0 spiro atoms. The normalized spacial score (nSPS) is 16.0. The van der Waals surface area contributed by atoms with Gasteiger partial charge in [-0.3, -0.25) is 10.1 Å². The van der Waals surface area contributed by atoms with Gasteiger partial charge in [-0.15, -0.1) is 11.3 Å². The summed E-state index contributed by atoms with van der Waals surface area (Å²) in [6.07, 6.45) is 2.34. The van der Waals surface area contributed by atoms with Crippen LogP contribution in [0.15, 0.2) is 36.4 Å². The Kier molecular flexibility index (Phi) is 6.73. The highest BCUT2D eigenvalue weighted by Gasteiger charge is 2.18. The molecule has 1 fully saturated rings. The standard InChI is InChI=1S/C19H25N3O3S/c1-25-13-12-21-10-8-16(9-11-21)20-14-18-6-7-19(26-18)15-2-4-17(5-3-15)22(23)24/h2-7,16,20H,8-14H2,1H3. The molecule has 1 saturated heterocycles. The molecule has 6 nitrogen and oxygen atoms in total. The van der Waals surface area contributed by atoms with Crippen LogP contribution in [0.4, 0.5) is 5.69 Å². The predicted octanol–water partition coefficient (Wildman–Crippen LogP) is 3.52. The molecule has 7 heteroatoms. The molecule has 0 unspecified atom stereocenters. The van der Waals surface area contributed by atoms with Crippen LogP contribution in [0.25, 0.3) is 10.4 Å². The average molecular weight is 375 g/mol. The number of rotatable bonds is 8. The van der Waals surface area contributed by atoms with Crippen LogP contribution in [0.2, 0.25) is 0 Å². The Morgan fingerprint density at radius 3 is 2.62 bits per heavy atom. The minimum atomic E-state index is -0.367.